The minimum Gasteiger partial charge on any atom is -0.384 e. The third-order valence-electron chi connectivity index (χ3n) is 4.33. The third-order valence-corrected chi connectivity index (χ3v) is 4.33. The molecular formula is C17H24FN3. The van der Waals surface area contributed by atoms with Crippen molar-refractivity contribution >= 4 is 5.69 Å². The second-order valence-electron chi connectivity index (χ2n) is 5.83. The van der Waals surface area contributed by atoms with Gasteiger partial charge in [0.25, 0.3) is 0 Å². The van der Waals surface area contributed by atoms with E-state index in [0.717, 1.165) is 25.6 Å². The SMILES string of the molecule is CN(CCCNc1cccc(F)c1C#N)C1CCCCC1. The minimum absolute atomic E-state index is 0.109. The summed E-state index contributed by atoms with van der Waals surface area (Å²) in [6, 6.07) is 7.35. The molecule has 0 heterocycles. The van der Waals surface area contributed by atoms with Gasteiger partial charge in [0.05, 0.1) is 5.69 Å². The Balaban J connectivity index is 1.75. The van der Waals surface area contributed by atoms with Crippen LogP contribution in [-0.2, 0) is 0 Å². The van der Waals surface area contributed by atoms with E-state index in [2.05, 4.69) is 17.3 Å². The Hall–Kier alpha value is -1.60. The van der Waals surface area contributed by atoms with Gasteiger partial charge in [0.15, 0.2) is 0 Å². The monoisotopic (exact) mass is 289 g/mol. The van der Waals surface area contributed by atoms with Crippen molar-refractivity contribution in [3.8, 4) is 6.07 Å². The van der Waals surface area contributed by atoms with Crippen LogP contribution in [0.5, 0.6) is 0 Å². The molecule has 0 unspecified atom stereocenters. The molecule has 1 aromatic carbocycles. The normalized spacial score (nSPS) is 15.9. The summed E-state index contributed by atoms with van der Waals surface area (Å²) in [5, 5.41) is 12.2. The zero-order valence-electron chi connectivity index (χ0n) is 12.7. The highest BCUT2D eigenvalue weighted by atomic mass is 19.1. The summed E-state index contributed by atoms with van der Waals surface area (Å²) in [5.41, 5.74) is 0.705. The molecule has 0 spiro atoms. The molecular weight excluding hydrogens is 265 g/mol. The smallest absolute Gasteiger partial charge is 0.143 e. The van der Waals surface area contributed by atoms with Gasteiger partial charge in [-0.2, -0.15) is 5.26 Å². The number of hydrogen-bond acceptors (Lipinski definition) is 3. The Morgan fingerprint density at radius 3 is 2.81 bits per heavy atom. The summed E-state index contributed by atoms with van der Waals surface area (Å²) in [4.78, 5) is 2.44. The van der Waals surface area contributed by atoms with Gasteiger partial charge in [0.2, 0.25) is 0 Å². The number of nitriles is 1. The standard InChI is InChI=1S/C17H24FN3/c1-21(14-7-3-2-4-8-14)12-6-11-20-17-10-5-9-16(18)15(17)13-19/h5,9-10,14,20H,2-4,6-8,11-12H2,1H3. The molecule has 0 amide bonds. The maximum Gasteiger partial charge on any atom is 0.143 e. The van der Waals surface area contributed by atoms with Gasteiger partial charge in [0, 0.05) is 12.6 Å². The maximum atomic E-state index is 13.5. The fraction of sp³-hybridized carbons (Fsp3) is 0.588. The molecule has 21 heavy (non-hydrogen) atoms. The fourth-order valence-electron chi connectivity index (χ4n) is 3.04. The van der Waals surface area contributed by atoms with Gasteiger partial charge in [-0.25, -0.2) is 4.39 Å². The Labute approximate surface area is 126 Å². The molecule has 4 heteroatoms. The third kappa shape index (κ3) is 4.44. The van der Waals surface area contributed by atoms with E-state index < -0.39 is 5.82 Å². The quantitative estimate of drug-likeness (QED) is 0.810. The van der Waals surface area contributed by atoms with Crippen molar-refractivity contribution in [3.63, 3.8) is 0 Å². The molecule has 0 aromatic heterocycles. The Kier molecular flexibility index (Phi) is 6.01. The zero-order valence-corrected chi connectivity index (χ0v) is 12.7. The van der Waals surface area contributed by atoms with Crippen molar-refractivity contribution in [3.05, 3.63) is 29.6 Å². The van der Waals surface area contributed by atoms with Crippen molar-refractivity contribution < 1.29 is 4.39 Å². The van der Waals surface area contributed by atoms with Crippen LogP contribution < -0.4 is 5.32 Å². The van der Waals surface area contributed by atoms with Crippen LogP contribution in [0.4, 0.5) is 10.1 Å². The lowest BCUT2D eigenvalue weighted by Crippen LogP contribution is -2.34. The van der Waals surface area contributed by atoms with Crippen molar-refractivity contribution in [1.29, 1.82) is 5.26 Å². The molecule has 0 radical (unpaired) electrons. The Morgan fingerprint density at radius 1 is 1.33 bits per heavy atom. The van der Waals surface area contributed by atoms with Crippen molar-refractivity contribution in [2.75, 3.05) is 25.5 Å². The molecule has 1 aliphatic carbocycles. The fourth-order valence-corrected chi connectivity index (χ4v) is 3.04. The number of halogens is 1. The van der Waals surface area contributed by atoms with E-state index in [9.17, 15) is 4.39 Å². The summed E-state index contributed by atoms with van der Waals surface area (Å²) in [5.74, 6) is -0.457. The van der Waals surface area contributed by atoms with Gasteiger partial charge in [-0.1, -0.05) is 25.3 Å². The first kappa shape index (κ1) is 15.8. The molecule has 0 bridgehead atoms. The number of nitrogens with one attached hydrogen (secondary N) is 1. The largest absolute Gasteiger partial charge is 0.384 e. The average molecular weight is 289 g/mol. The highest BCUT2D eigenvalue weighted by Gasteiger charge is 2.17. The van der Waals surface area contributed by atoms with Gasteiger partial charge in [-0.3, -0.25) is 0 Å². The molecule has 2 rings (SSSR count). The summed E-state index contributed by atoms with van der Waals surface area (Å²) in [6.45, 7) is 1.80. The van der Waals surface area contributed by atoms with Crippen LogP contribution in [-0.4, -0.2) is 31.1 Å². The first-order valence-corrected chi connectivity index (χ1v) is 7.85. The highest BCUT2D eigenvalue weighted by molar-refractivity contribution is 5.57. The average Bonchev–Trinajstić information content (AvgIpc) is 2.52. The van der Waals surface area contributed by atoms with Crippen LogP contribution in [0.25, 0.3) is 0 Å². The van der Waals surface area contributed by atoms with Crippen LogP contribution in [0.1, 0.15) is 44.1 Å². The summed E-state index contributed by atoms with van der Waals surface area (Å²) in [6.07, 6.45) is 7.69. The molecule has 0 saturated heterocycles. The molecule has 1 saturated carbocycles. The second-order valence-corrected chi connectivity index (χ2v) is 5.83. The van der Waals surface area contributed by atoms with E-state index in [1.165, 1.54) is 38.2 Å². The van der Waals surface area contributed by atoms with Gasteiger partial charge < -0.3 is 10.2 Å². The van der Waals surface area contributed by atoms with Gasteiger partial charge >= 0.3 is 0 Å². The van der Waals surface area contributed by atoms with Crippen molar-refractivity contribution in [2.45, 2.75) is 44.6 Å². The van der Waals surface area contributed by atoms with Crippen LogP contribution in [0, 0.1) is 17.1 Å². The number of benzene rings is 1. The minimum atomic E-state index is -0.457. The van der Waals surface area contributed by atoms with Gasteiger partial charge in [-0.15, -0.1) is 0 Å². The molecule has 1 aliphatic rings. The van der Waals surface area contributed by atoms with E-state index in [1.807, 2.05) is 6.07 Å². The van der Waals surface area contributed by atoms with E-state index in [0.29, 0.717) is 5.69 Å². The number of rotatable bonds is 6. The van der Waals surface area contributed by atoms with E-state index in [-0.39, 0.29) is 5.56 Å². The topological polar surface area (TPSA) is 39.1 Å². The molecule has 114 valence electrons. The van der Waals surface area contributed by atoms with Gasteiger partial charge in [0.1, 0.15) is 17.4 Å². The van der Waals surface area contributed by atoms with Crippen LogP contribution in [0.2, 0.25) is 0 Å². The molecule has 1 N–H and O–H groups in total. The maximum absolute atomic E-state index is 13.5. The van der Waals surface area contributed by atoms with Crippen LogP contribution in [0.3, 0.4) is 0 Å². The highest BCUT2D eigenvalue weighted by Crippen LogP contribution is 2.22. The van der Waals surface area contributed by atoms with E-state index in [4.69, 9.17) is 5.26 Å². The van der Waals surface area contributed by atoms with Crippen LogP contribution >= 0.6 is 0 Å². The molecule has 0 atom stereocenters. The first-order valence-electron chi connectivity index (χ1n) is 7.85. The Bertz CT molecular complexity index is 489. The van der Waals surface area contributed by atoms with E-state index >= 15 is 0 Å². The summed E-state index contributed by atoms with van der Waals surface area (Å²) < 4.78 is 13.5. The molecule has 1 fully saturated rings. The summed E-state index contributed by atoms with van der Waals surface area (Å²) >= 11 is 0. The zero-order chi connectivity index (χ0) is 15.1. The predicted molar refractivity (Wildman–Crippen MR) is 83.7 cm³/mol. The second kappa shape index (κ2) is 7.99. The number of anilines is 1. The number of hydrogen-bond donors (Lipinski definition) is 1. The summed E-state index contributed by atoms with van der Waals surface area (Å²) in [7, 11) is 2.19. The lowest BCUT2D eigenvalue weighted by atomic mass is 9.94. The molecule has 1 aromatic rings. The Morgan fingerprint density at radius 2 is 2.10 bits per heavy atom. The van der Waals surface area contributed by atoms with E-state index in [1.54, 1.807) is 12.1 Å². The van der Waals surface area contributed by atoms with Crippen LogP contribution in [0.15, 0.2) is 18.2 Å². The lowest BCUT2D eigenvalue weighted by Gasteiger charge is -2.31. The van der Waals surface area contributed by atoms with Crippen molar-refractivity contribution in [1.82, 2.24) is 4.90 Å². The van der Waals surface area contributed by atoms with Crippen molar-refractivity contribution in [2.24, 2.45) is 0 Å². The molecule has 0 aliphatic heterocycles. The van der Waals surface area contributed by atoms with Gasteiger partial charge in [-0.05, 0) is 45.0 Å². The molecule has 3 nitrogen and oxygen atoms in total. The lowest BCUT2D eigenvalue weighted by molar-refractivity contribution is 0.191. The first-order chi connectivity index (χ1) is 10.2. The predicted octanol–water partition coefficient (Wildman–Crippen LogP) is 3.76. The number of nitrogens with zero attached hydrogens (tertiary/aromatic N) is 2.